The molecule has 0 aliphatic carbocycles. The van der Waals surface area contributed by atoms with E-state index in [2.05, 4.69) is 9.55 Å². The van der Waals surface area contributed by atoms with Crippen LogP contribution in [0.15, 0.2) is 35.7 Å². The van der Waals surface area contributed by atoms with Gasteiger partial charge in [-0.15, -0.1) is 0 Å². The fourth-order valence-corrected chi connectivity index (χ4v) is 4.61. The minimum Gasteiger partial charge on any atom is -0.493 e. The van der Waals surface area contributed by atoms with Crippen LogP contribution in [0, 0.1) is 5.92 Å². The molecule has 2 aromatic rings. The molecule has 2 aliphatic heterocycles. The second kappa shape index (κ2) is 7.12. The Hall–Kier alpha value is -1.95. The number of fused-ring (bicyclic) bond motifs is 1. The van der Waals surface area contributed by atoms with Gasteiger partial charge >= 0.3 is 0 Å². The van der Waals surface area contributed by atoms with Crippen molar-refractivity contribution in [3.05, 3.63) is 41.7 Å². The Labute approximate surface area is 152 Å². The maximum atomic E-state index is 12.8. The third-order valence-electron chi connectivity index (χ3n) is 5.06. The van der Waals surface area contributed by atoms with Crippen LogP contribution in [0.25, 0.3) is 0 Å². The Balaban J connectivity index is 1.31. The van der Waals surface area contributed by atoms with Crippen LogP contribution in [0.3, 0.4) is 0 Å². The zero-order valence-corrected chi connectivity index (χ0v) is 15.3. The Morgan fingerprint density at radius 3 is 2.96 bits per heavy atom. The van der Waals surface area contributed by atoms with Gasteiger partial charge in [0.1, 0.15) is 5.75 Å². The molecule has 25 heavy (non-hydrogen) atoms. The third-order valence-corrected chi connectivity index (χ3v) is 6.35. The molecule has 1 amide bonds. The molecule has 4 rings (SSSR count). The summed E-state index contributed by atoms with van der Waals surface area (Å²) in [5.41, 5.74) is 1.96. The van der Waals surface area contributed by atoms with Crippen LogP contribution in [-0.4, -0.2) is 45.8 Å². The molecular formula is C19H23N3O2S. The second-order valence-electron chi connectivity index (χ2n) is 6.79. The zero-order valence-electron chi connectivity index (χ0n) is 14.5. The van der Waals surface area contributed by atoms with Gasteiger partial charge in [-0.25, -0.2) is 4.98 Å². The molecule has 1 aromatic heterocycles. The van der Waals surface area contributed by atoms with Gasteiger partial charge in [0.25, 0.3) is 5.91 Å². The zero-order chi connectivity index (χ0) is 17.2. The van der Waals surface area contributed by atoms with Crippen molar-refractivity contribution < 1.29 is 9.53 Å². The molecule has 0 spiro atoms. The number of thioether (sulfide) groups is 1. The predicted octanol–water partition coefficient (Wildman–Crippen LogP) is 3.00. The van der Waals surface area contributed by atoms with Crippen molar-refractivity contribution in [3.63, 3.8) is 0 Å². The molecule has 3 heterocycles. The van der Waals surface area contributed by atoms with Gasteiger partial charge in [-0.2, -0.15) is 0 Å². The first-order chi connectivity index (χ1) is 12.2. The van der Waals surface area contributed by atoms with E-state index >= 15 is 0 Å². The molecular weight excluding hydrogens is 334 g/mol. The summed E-state index contributed by atoms with van der Waals surface area (Å²) in [7, 11) is 2.03. The normalized spacial score (nSPS) is 17.4. The molecule has 1 fully saturated rings. The molecule has 0 saturated carbocycles. The lowest BCUT2D eigenvalue weighted by molar-refractivity contribution is 0.0698. The fourth-order valence-electron chi connectivity index (χ4n) is 3.49. The molecule has 0 N–H and O–H groups in total. The van der Waals surface area contributed by atoms with Gasteiger partial charge in [0.05, 0.1) is 6.61 Å². The summed E-state index contributed by atoms with van der Waals surface area (Å²) in [5, 5.41) is 1.07. The first kappa shape index (κ1) is 16.5. The van der Waals surface area contributed by atoms with Crippen molar-refractivity contribution in [3.8, 4) is 5.75 Å². The first-order valence-corrected chi connectivity index (χ1v) is 9.84. The number of hydrogen-bond donors (Lipinski definition) is 0. The van der Waals surface area contributed by atoms with Crippen LogP contribution >= 0.6 is 11.8 Å². The second-order valence-corrected chi connectivity index (χ2v) is 7.78. The lowest BCUT2D eigenvalue weighted by Crippen LogP contribution is -2.39. The summed E-state index contributed by atoms with van der Waals surface area (Å²) in [4.78, 5) is 19.1. The predicted molar refractivity (Wildman–Crippen MR) is 98.2 cm³/mol. The largest absolute Gasteiger partial charge is 0.493 e. The number of likely N-dealkylation sites (tertiary alicyclic amines) is 1. The average Bonchev–Trinajstić information content (AvgIpc) is 3.27. The van der Waals surface area contributed by atoms with Crippen molar-refractivity contribution >= 4 is 17.7 Å². The Kier molecular flexibility index (Phi) is 4.70. The van der Waals surface area contributed by atoms with E-state index in [0.29, 0.717) is 5.92 Å². The highest BCUT2D eigenvalue weighted by Crippen LogP contribution is 2.28. The standard InChI is InChI=1S/C19H23N3O2S/c1-21-10-7-20-19(21)25-13-14-4-8-22(9-5-14)18(23)16-2-3-17-15(12-16)6-11-24-17/h2-3,7,10,12,14H,4-6,8-9,11,13H2,1H3. The Morgan fingerprint density at radius 1 is 1.36 bits per heavy atom. The number of ether oxygens (including phenoxy) is 1. The van der Waals surface area contributed by atoms with Gasteiger partial charge in [0.2, 0.25) is 0 Å². The molecule has 6 heteroatoms. The van der Waals surface area contributed by atoms with Gasteiger partial charge in [-0.3, -0.25) is 4.79 Å². The molecule has 5 nitrogen and oxygen atoms in total. The Morgan fingerprint density at radius 2 is 2.20 bits per heavy atom. The number of amides is 1. The number of hydrogen-bond acceptors (Lipinski definition) is 4. The smallest absolute Gasteiger partial charge is 0.253 e. The van der Waals surface area contributed by atoms with Gasteiger partial charge in [-0.1, -0.05) is 11.8 Å². The van der Waals surface area contributed by atoms with Crippen LogP contribution in [0.5, 0.6) is 5.75 Å². The third kappa shape index (κ3) is 3.54. The number of carbonyl (C=O) groups is 1. The van der Waals surface area contributed by atoms with E-state index in [-0.39, 0.29) is 5.91 Å². The van der Waals surface area contributed by atoms with E-state index in [1.807, 2.05) is 54.3 Å². The lowest BCUT2D eigenvalue weighted by atomic mass is 9.98. The maximum Gasteiger partial charge on any atom is 0.253 e. The lowest BCUT2D eigenvalue weighted by Gasteiger charge is -2.32. The summed E-state index contributed by atoms with van der Waals surface area (Å²) in [6, 6.07) is 5.84. The summed E-state index contributed by atoms with van der Waals surface area (Å²) >= 11 is 1.81. The summed E-state index contributed by atoms with van der Waals surface area (Å²) in [5.74, 6) is 2.81. The van der Waals surface area contributed by atoms with E-state index in [0.717, 1.165) is 66.7 Å². The average molecular weight is 357 g/mol. The first-order valence-electron chi connectivity index (χ1n) is 8.86. The summed E-state index contributed by atoms with van der Waals surface area (Å²) in [6.07, 6.45) is 6.86. The van der Waals surface area contributed by atoms with Gasteiger partial charge in [0.15, 0.2) is 5.16 Å². The summed E-state index contributed by atoms with van der Waals surface area (Å²) in [6.45, 7) is 2.42. The number of carbonyl (C=O) groups excluding carboxylic acids is 1. The van der Waals surface area contributed by atoms with Gasteiger partial charge in [-0.05, 0) is 42.5 Å². The van der Waals surface area contributed by atoms with Gasteiger partial charge < -0.3 is 14.2 Å². The molecule has 2 aliphatic rings. The van der Waals surface area contributed by atoms with Crippen LogP contribution < -0.4 is 4.74 Å². The maximum absolute atomic E-state index is 12.8. The molecule has 0 atom stereocenters. The number of piperidine rings is 1. The number of nitrogens with zero attached hydrogens (tertiary/aromatic N) is 3. The van der Waals surface area contributed by atoms with E-state index in [4.69, 9.17) is 4.74 Å². The highest BCUT2D eigenvalue weighted by atomic mass is 32.2. The molecule has 132 valence electrons. The highest BCUT2D eigenvalue weighted by Gasteiger charge is 2.25. The Bertz CT molecular complexity index is 766. The molecule has 0 radical (unpaired) electrons. The monoisotopic (exact) mass is 357 g/mol. The van der Waals surface area contributed by atoms with Crippen LogP contribution in [0.2, 0.25) is 0 Å². The number of benzene rings is 1. The van der Waals surface area contributed by atoms with Crippen molar-refractivity contribution in [2.75, 3.05) is 25.4 Å². The van der Waals surface area contributed by atoms with Crippen LogP contribution in [0.4, 0.5) is 0 Å². The van der Waals surface area contributed by atoms with E-state index in [1.54, 1.807) is 0 Å². The van der Waals surface area contributed by atoms with Crippen molar-refractivity contribution in [2.45, 2.75) is 24.4 Å². The van der Waals surface area contributed by atoms with Gasteiger partial charge in [0, 0.05) is 50.3 Å². The SMILES string of the molecule is Cn1ccnc1SCC1CCN(C(=O)c2ccc3c(c2)CCO3)CC1. The molecule has 1 saturated heterocycles. The van der Waals surface area contributed by atoms with Crippen molar-refractivity contribution in [2.24, 2.45) is 13.0 Å². The highest BCUT2D eigenvalue weighted by molar-refractivity contribution is 7.99. The topological polar surface area (TPSA) is 47.4 Å². The fraction of sp³-hybridized carbons (Fsp3) is 0.474. The van der Waals surface area contributed by atoms with Crippen LogP contribution in [-0.2, 0) is 13.5 Å². The number of imidazole rings is 1. The minimum atomic E-state index is 0.157. The van der Waals surface area contributed by atoms with E-state index in [9.17, 15) is 4.79 Å². The molecule has 0 bridgehead atoms. The number of aromatic nitrogens is 2. The van der Waals surface area contributed by atoms with Crippen molar-refractivity contribution in [1.29, 1.82) is 0 Å². The van der Waals surface area contributed by atoms with E-state index < -0.39 is 0 Å². The quantitative estimate of drug-likeness (QED) is 0.789. The molecule has 1 aromatic carbocycles. The van der Waals surface area contributed by atoms with E-state index in [1.165, 1.54) is 0 Å². The minimum absolute atomic E-state index is 0.157. The van der Waals surface area contributed by atoms with Crippen molar-refractivity contribution in [1.82, 2.24) is 14.5 Å². The number of rotatable bonds is 4. The van der Waals surface area contributed by atoms with Crippen LogP contribution in [0.1, 0.15) is 28.8 Å². The summed E-state index contributed by atoms with van der Waals surface area (Å²) < 4.78 is 7.58. The molecule has 0 unspecified atom stereocenters. The number of aryl methyl sites for hydroxylation is 1.